The maximum atomic E-state index is 13.0. The lowest BCUT2D eigenvalue weighted by molar-refractivity contribution is -0.143. The van der Waals surface area contributed by atoms with Crippen molar-refractivity contribution < 1.29 is 35.9 Å². The smallest absolute Gasteiger partial charge is 0.342 e. The van der Waals surface area contributed by atoms with Crippen LogP contribution in [-0.4, -0.2) is 17.4 Å². The summed E-state index contributed by atoms with van der Waals surface area (Å²) in [6.07, 6.45) is -4.52. The van der Waals surface area contributed by atoms with Crippen molar-refractivity contribution in [1.82, 2.24) is 5.32 Å². The SMILES string of the molecule is O=C(Nc1cc(C(F)(F)F)cc(C(F)(F)F)c1)C(=O)NC12CC3CC(CC(C3)C1)C2. The molecule has 1 aromatic rings. The van der Waals surface area contributed by atoms with E-state index >= 15 is 0 Å². The molecule has 0 aliphatic heterocycles. The maximum absolute atomic E-state index is 13.0. The molecule has 4 fully saturated rings. The summed E-state index contributed by atoms with van der Waals surface area (Å²) in [7, 11) is 0. The second kappa shape index (κ2) is 6.88. The molecule has 1 aromatic carbocycles. The number of amides is 2. The average molecular weight is 434 g/mol. The van der Waals surface area contributed by atoms with Crippen molar-refractivity contribution in [3.8, 4) is 0 Å². The lowest BCUT2D eigenvalue weighted by Gasteiger charge is -2.56. The summed E-state index contributed by atoms with van der Waals surface area (Å²) in [6.45, 7) is 0. The van der Waals surface area contributed by atoms with Gasteiger partial charge in [-0.2, -0.15) is 26.3 Å². The van der Waals surface area contributed by atoms with Crippen LogP contribution in [0.1, 0.15) is 49.7 Å². The number of hydrogen-bond donors (Lipinski definition) is 2. The third kappa shape index (κ3) is 4.13. The van der Waals surface area contributed by atoms with Gasteiger partial charge in [-0.25, -0.2) is 0 Å². The van der Waals surface area contributed by atoms with E-state index in [0.29, 0.717) is 29.9 Å². The Bertz CT molecular complexity index is 809. The first-order valence-corrected chi connectivity index (χ1v) is 9.76. The predicted octanol–water partition coefficient (Wildman–Crippen LogP) is 4.75. The zero-order valence-electron chi connectivity index (χ0n) is 15.8. The minimum Gasteiger partial charge on any atom is -0.342 e. The van der Waals surface area contributed by atoms with Crippen LogP contribution >= 0.6 is 0 Å². The minimum atomic E-state index is -5.04. The first-order chi connectivity index (χ1) is 13.8. The van der Waals surface area contributed by atoms with Gasteiger partial charge in [0.05, 0.1) is 11.1 Å². The molecule has 4 bridgehead atoms. The fraction of sp³-hybridized carbons (Fsp3) is 0.600. The van der Waals surface area contributed by atoms with Gasteiger partial charge >= 0.3 is 24.2 Å². The van der Waals surface area contributed by atoms with Crippen LogP contribution in [0.5, 0.6) is 0 Å². The molecule has 164 valence electrons. The number of halogens is 6. The standard InChI is InChI=1S/C20H20F6N2O2/c21-19(22,23)13-4-14(20(24,25)26)6-15(5-13)27-16(29)17(30)28-18-7-10-1-11(8-18)3-12(2-10)9-18/h4-6,10-12H,1-3,7-9H2,(H,27,29)(H,28,30). The number of anilines is 1. The van der Waals surface area contributed by atoms with E-state index in [1.54, 1.807) is 0 Å². The lowest BCUT2D eigenvalue weighted by atomic mass is 9.53. The molecule has 0 unspecified atom stereocenters. The molecule has 0 atom stereocenters. The van der Waals surface area contributed by atoms with Crippen molar-refractivity contribution in [2.45, 2.75) is 56.4 Å². The quantitative estimate of drug-likeness (QED) is 0.522. The molecule has 2 N–H and O–H groups in total. The van der Waals surface area contributed by atoms with Gasteiger partial charge in [-0.3, -0.25) is 9.59 Å². The van der Waals surface area contributed by atoms with Crippen molar-refractivity contribution in [1.29, 1.82) is 0 Å². The van der Waals surface area contributed by atoms with Crippen LogP contribution in [-0.2, 0) is 21.9 Å². The van der Waals surface area contributed by atoms with Crippen LogP contribution in [0.15, 0.2) is 18.2 Å². The number of carbonyl (C=O) groups is 2. The molecule has 2 amide bonds. The van der Waals surface area contributed by atoms with E-state index in [9.17, 15) is 35.9 Å². The number of alkyl halides is 6. The van der Waals surface area contributed by atoms with Crippen LogP contribution in [0.3, 0.4) is 0 Å². The zero-order valence-corrected chi connectivity index (χ0v) is 15.8. The van der Waals surface area contributed by atoms with Gasteiger partial charge in [0.15, 0.2) is 0 Å². The average Bonchev–Trinajstić information content (AvgIpc) is 2.58. The molecule has 0 heterocycles. The normalized spacial score (nSPS) is 30.3. The van der Waals surface area contributed by atoms with E-state index in [-0.39, 0.29) is 6.07 Å². The molecule has 0 saturated heterocycles. The minimum absolute atomic E-state index is 0.0365. The molecular weight excluding hydrogens is 414 g/mol. The molecule has 0 spiro atoms. The molecular formula is C20H20F6N2O2. The molecule has 4 nitrogen and oxygen atoms in total. The summed E-state index contributed by atoms with van der Waals surface area (Å²) in [4.78, 5) is 24.7. The summed E-state index contributed by atoms with van der Waals surface area (Å²) in [5.41, 5.74) is -4.36. The highest BCUT2D eigenvalue weighted by molar-refractivity contribution is 6.39. The van der Waals surface area contributed by atoms with Crippen molar-refractivity contribution in [2.75, 3.05) is 5.32 Å². The first-order valence-electron chi connectivity index (χ1n) is 9.76. The van der Waals surface area contributed by atoms with Crippen LogP contribution in [0.2, 0.25) is 0 Å². The lowest BCUT2D eigenvalue weighted by Crippen LogP contribution is -2.61. The van der Waals surface area contributed by atoms with E-state index in [0.717, 1.165) is 38.5 Å². The zero-order chi connectivity index (χ0) is 21.9. The Labute approximate surface area is 168 Å². The summed E-state index contributed by atoms with van der Waals surface area (Å²) >= 11 is 0. The van der Waals surface area contributed by atoms with E-state index in [1.807, 2.05) is 5.32 Å². The van der Waals surface area contributed by atoms with Gasteiger partial charge in [0.25, 0.3) is 0 Å². The van der Waals surface area contributed by atoms with E-state index in [2.05, 4.69) is 5.32 Å². The Morgan fingerprint density at radius 3 is 1.60 bits per heavy atom. The van der Waals surface area contributed by atoms with Gasteiger partial charge in [-0.1, -0.05) is 0 Å². The third-order valence-corrected chi connectivity index (χ3v) is 6.47. The monoisotopic (exact) mass is 434 g/mol. The maximum Gasteiger partial charge on any atom is 0.416 e. The number of benzene rings is 1. The van der Waals surface area contributed by atoms with Crippen molar-refractivity contribution >= 4 is 17.5 Å². The highest BCUT2D eigenvalue weighted by Crippen LogP contribution is 2.55. The first kappa shape index (κ1) is 21.0. The van der Waals surface area contributed by atoms with Gasteiger partial charge in [-0.05, 0) is 74.5 Å². The Morgan fingerprint density at radius 1 is 0.767 bits per heavy atom. The summed E-state index contributed by atoms with van der Waals surface area (Å²) in [5, 5.41) is 4.64. The second-order valence-corrected chi connectivity index (χ2v) is 8.90. The predicted molar refractivity (Wildman–Crippen MR) is 94.1 cm³/mol. The fourth-order valence-corrected chi connectivity index (χ4v) is 5.78. The second-order valence-electron chi connectivity index (χ2n) is 8.90. The fourth-order valence-electron chi connectivity index (χ4n) is 5.78. The Hall–Kier alpha value is -2.26. The van der Waals surface area contributed by atoms with Gasteiger partial charge in [0.1, 0.15) is 0 Å². The van der Waals surface area contributed by atoms with E-state index < -0.39 is 46.5 Å². The largest absolute Gasteiger partial charge is 0.416 e. The number of hydrogen-bond acceptors (Lipinski definition) is 2. The van der Waals surface area contributed by atoms with Crippen LogP contribution in [0, 0.1) is 17.8 Å². The van der Waals surface area contributed by atoms with Gasteiger partial charge in [0, 0.05) is 11.2 Å². The molecule has 4 aliphatic carbocycles. The van der Waals surface area contributed by atoms with Crippen molar-refractivity contribution in [2.24, 2.45) is 17.8 Å². The summed E-state index contributed by atoms with van der Waals surface area (Å²) in [5.74, 6) is -0.867. The van der Waals surface area contributed by atoms with Crippen LogP contribution in [0.25, 0.3) is 0 Å². The topological polar surface area (TPSA) is 58.2 Å². The van der Waals surface area contributed by atoms with Crippen LogP contribution in [0.4, 0.5) is 32.0 Å². The molecule has 0 aromatic heterocycles. The molecule has 4 aliphatic rings. The Kier molecular flexibility index (Phi) is 4.81. The number of rotatable bonds is 2. The highest BCUT2D eigenvalue weighted by Gasteiger charge is 2.52. The van der Waals surface area contributed by atoms with Gasteiger partial charge < -0.3 is 10.6 Å². The number of carbonyl (C=O) groups excluding carboxylic acids is 2. The van der Waals surface area contributed by atoms with Gasteiger partial charge in [0.2, 0.25) is 0 Å². The summed E-state index contributed by atoms with van der Waals surface area (Å²) < 4.78 is 77.8. The Morgan fingerprint density at radius 2 is 1.20 bits per heavy atom. The molecule has 30 heavy (non-hydrogen) atoms. The highest BCUT2D eigenvalue weighted by atomic mass is 19.4. The number of nitrogens with one attached hydrogen (secondary N) is 2. The van der Waals surface area contributed by atoms with E-state index in [1.165, 1.54) is 0 Å². The molecule has 4 saturated carbocycles. The summed E-state index contributed by atoms with van der Waals surface area (Å²) in [6, 6.07) is 0.724. The van der Waals surface area contributed by atoms with E-state index in [4.69, 9.17) is 0 Å². The van der Waals surface area contributed by atoms with Crippen molar-refractivity contribution in [3.63, 3.8) is 0 Å². The third-order valence-electron chi connectivity index (χ3n) is 6.47. The van der Waals surface area contributed by atoms with Crippen molar-refractivity contribution in [3.05, 3.63) is 29.3 Å². The molecule has 0 radical (unpaired) electrons. The molecule has 10 heteroatoms. The van der Waals surface area contributed by atoms with Gasteiger partial charge in [-0.15, -0.1) is 0 Å². The van der Waals surface area contributed by atoms with Crippen LogP contribution < -0.4 is 10.6 Å². The Balaban J connectivity index is 1.50. The molecule has 5 rings (SSSR count).